The predicted octanol–water partition coefficient (Wildman–Crippen LogP) is 4.23. The molecule has 100 valence electrons. The molecule has 0 radical (unpaired) electrons. The maximum Gasteiger partial charge on any atom is 0.0894 e. The number of halogens is 1. The van der Waals surface area contributed by atoms with Crippen LogP contribution in [0.3, 0.4) is 0 Å². The average Bonchev–Trinajstić information content (AvgIpc) is 2.90. The lowest BCUT2D eigenvalue weighted by molar-refractivity contribution is 0.525. The molecule has 0 saturated heterocycles. The van der Waals surface area contributed by atoms with Gasteiger partial charge >= 0.3 is 0 Å². The van der Waals surface area contributed by atoms with Crippen LogP contribution in [0.4, 0.5) is 0 Å². The molecule has 0 spiro atoms. The number of hydrogen-bond donors (Lipinski definition) is 1. The number of aryl methyl sites for hydroxylation is 1. The van der Waals surface area contributed by atoms with E-state index < -0.39 is 0 Å². The van der Waals surface area contributed by atoms with Crippen molar-refractivity contribution < 1.29 is 0 Å². The van der Waals surface area contributed by atoms with E-state index in [9.17, 15) is 0 Å². The van der Waals surface area contributed by atoms with Gasteiger partial charge in [0.2, 0.25) is 0 Å². The highest BCUT2D eigenvalue weighted by Gasteiger charge is 2.15. The lowest BCUT2D eigenvalue weighted by Gasteiger charge is -2.14. The van der Waals surface area contributed by atoms with Crippen molar-refractivity contribution in [3.05, 3.63) is 40.5 Å². The van der Waals surface area contributed by atoms with Gasteiger partial charge in [-0.2, -0.15) is 0 Å². The number of nitrogens with one attached hydrogen (secondary N) is 1. The van der Waals surface area contributed by atoms with Crippen molar-refractivity contribution in [3.8, 4) is 0 Å². The minimum atomic E-state index is 0.683. The van der Waals surface area contributed by atoms with E-state index in [-0.39, 0.29) is 0 Å². The summed E-state index contributed by atoms with van der Waals surface area (Å²) in [6, 6.07) is 8.87. The molecular formula is C16H19ClN2. The van der Waals surface area contributed by atoms with Gasteiger partial charge in [-0.1, -0.05) is 36.6 Å². The van der Waals surface area contributed by atoms with Crippen LogP contribution < -0.4 is 5.32 Å². The van der Waals surface area contributed by atoms with Gasteiger partial charge < -0.3 is 5.32 Å². The van der Waals surface area contributed by atoms with Crippen LogP contribution in [0, 0.1) is 6.92 Å². The van der Waals surface area contributed by atoms with Gasteiger partial charge in [-0.05, 0) is 37.5 Å². The first-order valence-electron chi connectivity index (χ1n) is 7.02. The Hall–Kier alpha value is -1.12. The van der Waals surface area contributed by atoms with E-state index in [0.29, 0.717) is 6.04 Å². The number of para-hydroxylation sites is 1. The summed E-state index contributed by atoms with van der Waals surface area (Å²) in [7, 11) is 0. The van der Waals surface area contributed by atoms with Crippen LogP contribution in [0.5, 0.6) is 0 Å². The molecule has 0 unspecified atom stereocenters. The molecule has 1 aromatic heterocycles. The largest absolute Gasteiger partial charge is 0.310 e. The minimum absolute atomic E-state index is 0.683. The summed E-state index contributed by atoms with van der Waals surface area (Å²) in [5.74, 6) is 0. The molecule has 1 aliphatic rings. The Bertz CT molecular complexity index is 589. The topological polar surface area (TPSA) is 24.9 Å². The van der Waals surface area contributed by atoms with Crippen molar-refractivity contribution in [1.29, 1.82) is 0 Å². The summed E-state index contributed by atoms with van der Waals surface area (Å²) in [5.41, 5.74) is 3.26. The third-order valence-corrected chi connectivity index (χ3v) is 4.25. The zero-order chi connectivity index (χ0) is 13.2. The minimum Gasteiger partial charge on any atom is -0.310 e. The van der Waals surface area contributed by atoms with Gasteiger partial charge in [0.05, 0.1) is 10.5 Å². The van der Waals surface area contributed by atoms with Crippen LogP contribution in [0.15, 0.2) is 24.3 Å². The second kappa shape index (κ2) is 5.48. The van der Waals surface area contributed by atoms with E-state index in [4.69, 9.17) is 11.6 Å². The number of pyridine rings is 1. The number of aromatic nitrogens is 1. The molecule has 0 atom stereocenters. The Kier molecular flexibility index (Phi) is 3.72. The van der Waals surface area contributed by atoms with E-state index in [1.54, 1.807) is 0 Å². The smallest absolute Gasteiger partial charge is 0.0894 e. The molecule has 1 N–H and O–H groups in total. The number of benzene rings is 1. The first-order chi connectivity index (χ1) is 9.24. The van der Waals surface area contributed by atoms with Crippen LogP contribution in [0.25, 0.3) is 10.9 Å². The van der Waals surface area contributed by atoms with Crippen LogP contribution in [0.2, 0.25) is 5.02 Å². The first kappa shape index (κ1) is 12.9. The van der Waals surface area contributed by atoms with Crippen molar-refractivity contribution in [2.75, 3.05) is 0 Å². The Morgan fingerprint density at radius 3 is 2.89 bits per heavy atom. The van der Waals surface area contributed by atoms with E-state index >= 15 is 0 Å². The quantitative estimate of drug-likeness (QED) is 0.906. The summed E-state index contributed by atoms with van der Waals surface area (Å²) in [5, 5.41) is 5.58. The van der Waals surface area contributed by atoms with Crippen molar-refractivity contribution >= 4 is 22.5 Å². The fraction of sp³-hybridized carbons (Fsp3) is 0.438. The first-order valence-corrected chi connectivity index (χ1v) is 7.40. The second-order valence-electron chi connectivity index (χ2n) is 5.42. The molecule has 1 fully saturated rings. The van der Waals surface area contributed by atoms with Gasteiger partial charge in [-0.25, -0.2) is 0 Å². The summed E-state index contributed by atoms with van der Waals surface area (Å²) in [4.78, 5) is 4.56. The molecule has 19 heavy (non-hydrogen) atoms. The van der Waals surface area contributed by atoms with E-state index in [2.05, 4.69) is 22.4 Å². The molecular weight excluding hydrogens is 256 g/mol. The van der Waals surface area contributed by atoms with Crippen molar-refractivity contribution in [2.24, 2.45) is 0 Å². The molecule has 1 aromatic carbocycles. The highest BCUT2D eigenvalue weighted by atomic mass is 35.5. The van der Waals surface area contributed by atoms with Gasteiger partial charge in [0.15, 0.2) is 0 Å². The van der Waals surface area contributed by atoms with Crippen LogP contribution in [-0.4, -0.2) is 11.0 Å². The Labute approximate surface area is 119 Å². The highest BCUT2D eigenvalue weighted by molar-refractivity contribution is 6.35. The summed E-state index contributed by atoms with van der Waals surface area (Å²) < 4.78 is 0. The van der Waals surface area contributed by atoms with E-state index in [1.807, 2.05) is 19.1 Å². The van der Waals surface area contributed by atoms with Crippen molar-refractivity contribution in [1.82, 2.24) is 10.3 Å². The van der Waals surface area contributed by atoms with Crippen LogP contribution in [-0.2, 0) is 6.54 Å². The zero-order valence-corrected chi connectivity index (χ0v) is 12.0. The number of nitrogens with zero attached hydrogens (tertiary/aromatic N) is 1. The lowest BCUT2D eigenvalue weighted by atomic mass is 10.1. The molecule has 2 aromatic rings. The van der Waals surface area contributed by atoms with Crippen molar-refractivity contribution in [3.63, 3.8) is 0 Å². The molecule has 3 heteroatoms. The monoisotopic (exact) mass is 274 g/mol. The van der Waals surface area contributed by atoms with Gasteiger partial charge in [0.25, 0.3) is 0 Å². The number of rotatable bonds is 3. The van der Waals surface area contributed by atoms with Gasteiger partial charge in [-0.15, -0.1) is 0 Å². The Balaban J connectivity index is 1.91. The van der Waals surface area contributed by atoms with Crippen LogP contribution >= 0.6 is 11.6 Å². The number of fused-ring (bicyclic) bond motifs is 1. The highest BCUT2D eigenvalue weighted by Crippen LogP contribution is 2.26. The second-order valence-corrected chi connectivity index (χ2v) is 5.83. The molecule has 1 aliphatic carbocycles. The SMILES string of the molecule is Cc1cc(CNC2CCCC2)c2cccc(Cl)c2n1. The average molecular weight is 275 g/mol. The normalized spacial score (nSPS) is 16.3. The van der Waals surface area contributed by atoms with Crippen molar-refractivity contribution in [2.45, 2.75) is 45.2 Å². The lowest BCUT2D eigenvalue weighted by Crippen LogP contribution is -2.25. The third kappa shape index (κ3) is 2.75. The molecule has 2 nitrogen and oxygen atoms in total. The fourth-order valence-electron chi connectivity index (χ4n) is 2.96. The third-order valence-electron chi connectivity index (χ3n) is 3.94. The Morgan fingerprint density at radius 1 is 1.32 bits per heavy atom. The zero-order valence-electron chi connectivity index (χ0n) is 11.2. The molecule has 3 rings (SSSR count). The van der Waals surface area contributed by atoms with Crippen LogP contribution in [0.1, 0.15) is 36.9 Å². The standard InChI is InChI=1S/C16H19ClN2/c1-11-9-12(10-18-13-5-2-3-6-13)14-7-4-8-15(17)16(14)19-11/h4,7-9,13,18H,2-3,5-6,10H2,1H3. The predicted molar refractivity (Wildman–Crippen MR) is 80.6 cm³/mol. The number of hydrogen-bond acceptors (Lipinski definition) is 2. The molecule has 1 saturated carbocycles. The molecule has 0 bridgehead atoms. The molecule has 0 aliphatic heterocycles. The van der Waals surface area contributed by atoms with E-state index in [0.717, 1.165) is 22.8 Å². The van der Waals surface area contributed by atoms with Gasteiger partial charge in [0, 0.05) is 23.7 Å². The Morgan fingerprint density at radius 2 is 2.11 bits per heavy atom. The van der Waals surface area contributed by atoms with Gasteiger partial charge in [0.1, 0.15) is 0 Å². The maximum absolute atomic E-state index is 6.25. The fourth-order valence-corrected chi connectivity index (χ4v) is 3.17. The molecule has 0 amide bonds. The van der Waals surface area contributed by atoms with Gasteiger partial charge in [-0.3, -0.25) is 4.98 Å². The summed E-state index contributed by atoms with van der Waals surface area (Å²) in [6.45, 7) is 2.94. The maximum atomic E-state index is 6.25. The van der Waals surface area contributed by atoms with E-state index in [1.165, 1.54) is 36.6 Å². The summed E-state index contributed by atoms with van der Waals surface area (Å²) in [6.07, 6.45) is 5.34. The molecule has 1 heterocycles. The summed E-state index contributed by atoms with van der Waals surface area (Å²) >= 11 is 6.25.